The summed E-state index contributed by atoms with van der Waals surface area (Å²) < 4.78 is 0. The molecule has 5 N–H and O–H groups in total. The lowest BCUT2D eigenvalue weighted by atomic mass is 10.1. The quantitative estimate of drug-likeness (QED) is 0.743. The fourth-order valence-electron chi connectivity index (χ4n) is 1.87. The predicted octanol–water partition coefficient (Wildman–Crippen LogP) is 2.18. The van der Waals surface area contributed by atoms with Crippen LogP contribution in [-0.4, -0.2) is 20.0 Å². The Morgan fingerprint density at radius 1 is 1.10 bits per heavy atom. The van der Waals surface area contributed by atoms with Gasteiger partial charge in [0.2, 0.25) is 0 Å². The Bertz CT molecular complexity index is 620. The molecule has 20 heavy (non-hydrogen) atoms. The van der Waals surface area contributed by atoms with Crippen LogP contribution in [0.3, 0.4) is 0 Å². The molecule has 0 atom stereocenters. The number of hydrogen-bond acceptors (Lipinski definition) is 4. The maximum Gasteiger partial charge on any atom is 0.250 e. The molecule has 0 radical (unpaired) electrons. The Morgan fingerprint density at radius 2 is 1.75 bits per heavy atom. The summed E-state index contributed by atoms with van der Waals surface area (Å²) in [6, 6.07) is 12.9. The molecule has 0 aromatic heterocycles. The summed E-state index contributed by atoms with van der Waals surface area (Å²) in [4.78, 5) is 13.4. The van der Waals surface area contributed by atoms with Crippen molar-refractivity contribution >= 4 is 28.7 Å². The zero-order valence-corrected chi connectivity index (χ0v) is 11.6. The normalized spacial score (nSPS) is 10.1. The van der Waals surface area contributed by atoms with E-state index >= 15 is 0 Å². The molecule has 0 bridgehead atoms. The van der Waals surface area contributed by atoms with E-state index in [4.69, 9.17) is 11.5 Å². The summed E-state index contributed by atoms with van der Waals surface area (Å²) in [5, 5.41) is 3.17. The first kappa shape index (κ1) is 13.7. The van der Waals surface area contributed by atoms with Crippen molar-refractivity contribution in [3.63, 3.8) is 0 Å². The number of amides is 1. The molecule has 0 saturated carbocycles. The Balaban J connectivity index is 2.28. The lowest BCUT2D eigenvalue weighted by molar-refractivity contribution is 0.100. The van der Waals surface area contributed by atoms with Crippen molar-refractivity contribution in [3.05, 3.63) is 48.0 Å². The third kappa shape index (κ3) is 3.00. The van der Waals surface area contributed by atoms with Crippen molar-refractivity contribution in [2.45, 2.75) is 0 Å². The molecule has 0 aliphatic rings. The predicted molar refractivity (Wildman–Crippen MR) is 83.4 cm³/mol. The minimum atomic E-state index is -0.510. The lowest BCUT2D eigenvalue weighted by Crippen LogP contribution is -2.13. The molecule has 5 heteroatoms. The first-order valence-electron chi connectivity index (χ1n) is 6.21. The molecule has 104 valence electrons. The highest BCUT2D eigenvalue weighted by atomic mass is 16.1. The Kier molecular flexibility index (Phi) is 3.79. The molecule has 0 unspecified atom stereocenters. The van der Waals surface area contributed by atoms with Crippen LogP contribution in [0.1, 0.15) is 10.4 Å². The van der Waals surface area contributed by atoms with E-state index in [0.717, 1.165) is 11.4 Å². The standard InChI is InChI=1S/C15H18N4O/c1-19(2)12-6-4-11(5-7-12)18-14-8-3-10(16)9-13(14)15(17)20/h3-9,18H,16H2,1-2H3,(H2,17,20). The van der Waals surface area contributed by atoms with Gasteiger partial charge in [0.05, 0.1) is 11.3 Å². The number of benzene rings is 2. The maximum atomic E-state index is 11.4. The highest BCUT2D eigenvalue weighted by molar-refractivity contribution is 6.00. The van der Waals surface area contributed by atoms with Crippen LogP contribution in [0.2, 0.25) is 0 Å². The molecule has 0 spiro atoms. The van der Waals surface area contributed by atoms with E-state index in [1.54, 1.807) is 18.2 Å². The topological polar surface area (TPSA) is 84.4 Å². The van der Waals surface area contributed by atoms with E-state index < -0.39 is 5.91 Å². The number of hydrogen-bond donors (Lipinski definition) is 3. The van der Waals surface area contributed by atoms with Crippen LogP contribution in [0, 0.1) is 0 Å². The summed E-state index contributed by atoms with van der Waals surface area (Å²) >= 11 is 0. The highest BCUT2D eigenvalue weighted by Gasteiger charge is 2.09. The zero-order chi connectivity index (χ0) is 14.7. The second-order valence-corrected chi connectivity index (χ2v) is 4.74. The van der Waals surface area contributed by atoms with Gasteiger partial charge in [-0.2, -0.15) is 0 Å². The van der Waals surface area contributed by atoms with Crippen LogP contribution in [0.25, 0.3) is 0 Å². The summed E-state index contributed by atoms with van der Waals surface area (Å²) in [5.41, 5.74) is 14.5. The molecule has 1 amide bonds. The molecular formula is C15H18N4O. The molecule has 0 fully saturated rings. The fourth-order valence-corrected chi connectivity index (χ4v) is 1.87. The van der Waals surface area contributed by atoms with Crippen LogP contribution in [0.5, 0.6) is 0 Å². The minimum Gasteiger partial charge on any atom is -0.399 e. The van der Waals surface area contributed by atoms with Crippen molar-refractivity contribution in [1.29, 1.82) is 0 Å². The van der Waals surface area contributed by atoms with Crippen LogP contribution < -0.4 is 21.7 Å². The fraction of sp³-hybridized carbons (Fsp3) is 0.133. The SMILES string of the molecule is CN(C)c1ccc(Nc2ccc(N)cc2C(N)=O)cc1. The number of primary amides is 1. The Morgan fingerprint density at radius 3 is 2.30 bits per heavy atom. The number of carbonyl (C=O) groups is 1. The van der Waals surface area contributed by atoms with E-state index in [9.17, 15) is 4.79 Å². The molecule has 2 rings (SSSR count). The number of anilines is 4. The number of rotatable bonds is 4. The summed E-state index contributed by atoms with van der Waals surface area (Å²) in [7, 11) is 3.96. The van der Waals surface area contributed by atoms with Crippen molar-refractivity contribution in [3.8, 4) is 0 Å². The molecule has 0 aliphatic carbocycles. The highest BCUT2D eigenvalue weighted by Crippen LogP contribution is 2.24. The second kappa shape index (κ2) is 5.52. The van der Waals surface area contributed by atoms with Gasteiger partial charge in [0, 0.05) is 31.2 Å². The largest absolute Gasteiger partial charge is 0.399 e. The summed E-state index contributed by atoms with van der Waals surface area (Å²) in [6.45, 7) is 0. The molecule has 0 saturated heterocycles. The van der Waals surface area contributed by atoms with Gasteiger partial charge in [-0.15, -0.1) is 0 Å². The Hall–Kier alpha value is -2.69. The van der Waals surface area contributed by atoms with Crippen molar-refractivity contribution in [2.75, 3.05) is 30.0 Å². The van der Waals surface area contributed by atoms with Crippen LogP contribution in [0.4, 0.5) is 22.7 Å². The third-order valence-electron chi connectivity index (χ3n) is 2.97. The Labute approximate surface area is 118 Å². The third-order valence-corrected chi connectivity index (χ3v) is 2.97. The summed E-state index contributed by atoms with van der Waals surface area (Å²) in [5.74, 6) is -0.510. The molecular weight excluding hydrogens is 252 g/mol. The van der Waals surface area contributed by atoms with Gasteiger partial charge in [-0.3, -0.25) is 4.79 Å². The van der Waals surface area contributed by atoms with Gasteiger partial charge < -0.3 is 21.7 Å². The van der Waals surface area contributed by atoms with Gasteiger partial charge in [-0.1, -0.05) is 0 Å². The van der Waals surface area contributed by atoms with E-state index in [2.05, 4.69) is 5.32 Å². The number of carbonyl (C=O) groups excluding carboxylic acids is 1. The molecule has 2 aromatic carbocycles. The monoisotopic (exact) mass is 270 g/mol. The smallest absolute Gasteiger partial charge is 0.250 e. The first-order chi connectivity index (χ1) is 9.47. The maximum absolute atomic E-state index is 11.4. The molecule has 0 heterocycles. The van der Waals surface area contributed by atoms with Crippen LogP contribution in [-0.2, 0) is 0 Å². The van der Waals surface area contributed by atoms with Crippen molar-refractivity contribution in [1.82, 2.24) is 0 Å². The van der Waals surface area contributed by atoms with Crippen LogP contribution in [0.15, 0.2) is 42.5 Å². The van der Waals surface area contributed by atoms with Gasteiger partial charge in [-0.05, 0) is 42.5 Å². The van der Waals surface area contributed by atoms with E-state index in [1.807, 2.05) is 43.3 Å². The zero-order valence-electron chi connectivity index (χ0n) is 11.6. The number of nitrogens with two attached hydrogens (primary N) is 2. The average Bonchev–Trinajstić information content (AvgIpc) is 2.41. The van der Waals surface area contributed by atoms with Gasteiger partial charge in [0.15, 0.2) is 0 Å². The van der Waals surface area contributed by atoms with Crippen molar-refractivity contribution < 1.29 is 4.79 Å². The van der Waals surface area contributed by atoms with Crippen LogP contribution >= 0.6 is 0 Å². The van der Waals surface area contributed by atoms with Gasteiger partial charge in [-0.25, -0.2) is 0 Å². The number of nitrogen functional groups attached to an aromatic ring is 1. The van der Waals surface area contributed by atoms with Crippen molar-refractivity contribution in [2.24, 2.45) is 5.73 Å². The number of nitrogens with one attached hydrogen (secondary N) is 1. The average molecular weight is 270 g/mol. The van der Waals surface area contributed by atoms with E-state index in [1.165, 1.54) is 0 Å². The summed E-state index contributed by atoms with van der Waals surface area (Å²) in [6.07, 6.45) is 0. The molecule has 5 nitrogen and oxygen atoms in total. The van der Waals surface area contributed by atoms with E-state index in [-0.39, 0.29) is 0 Å². The lowest BCUT2D eigenvalue weighted by Gasteiger charge is -2.14. The minimum absolute atomic E-state index is 0.377. The first-order valence-corrected chi connectivity index (χ1v) is 6.21. The second-order valence-electron chi connectivity index (χ2n) is 4.74. The van der Waals surface area contributed by atoms with Gasteiger partial charge >= 0.3 is 0 Å². The molecule has 0 aliphatic heterocycles. The van der Waals surface area contributed by atoms with Gasteiger partial charge in [0.1, 0.15) is 0 Å². The molecule has 2 aromatic rings. The van der Waals surface area contributed by atoms with E-state index in [0.29, 0.717) is 16.9 Å². The number of nitrogens with zero attached hydrogens (tertiary/aromatic N) is 1. The van der Waals surface area contributed by atoms with Gasteiger partial charge in [0.25, 0.3) is 5.91 Å².